The van der Waals surface area contributed by atoms with E-state index in [0.717, 1.165) is 109 Å². The Morgan fingerprint density at radius 3 is 1.45 bits per heavy atom. The van der Waals surface area contributed by atoms with Gasteiger partial charge in [-0.05, 0) is 176 Å². The zero-order valence-electron chi connectivity index (χ0n) is 45.0. The number of hydrogen-bond acceptors (Lipinski definition) is 13. The van der Waals surface area contributed by atoms with Crippen LogP contribution in [-0.4, -0.2) is 151 Å². The Balaban J connectivity index is 0.000000219. The molecule has 6 aromatic rings. The molecule has 0 aliphatic carbocycles. The number of aliphatic hydroxyl groups excluding tert-OH is 2. The van der Waals surface area contributed by atoms with Crippen molar-refractivity contribution in [1.29, 1.82) is 0 Å². The van der Waals surface area contributed by atoms with Crippen molar-refractivity contribution in [3.05, 3.63) is 128 Å². The number of furan rings is 2. The van der Waals surface area contributed by atoms with E-state index in [1.165, 1.54) is 49.2 Å². The molecule has 0 saturated carbocycles. The third-order valence-electron chi connectivity index (χ3n) is 15.1. The topological polar surface area (TPSA) is 191 Å². The van der Waals surface area contributed by atoms with Crippen LogP contribution >= 0.6 is 46.4 Å². The number of aliphatic carboxylic acids is 1. The van der Waals surface area contributed by atoms with Crippen molar-refractivity contribution in [2.45, 2.75) is 115 Å². The largest absolute Gasteiger partial charge is 0.489 e. The van der Waals surface area contributed by atoms with Crippen molar-refractivity contribution < 1.29 is 60.8 Å². The maximum atomic E-state index is 15.3. The molecular formula is C60H76Cl4F4N6O9. The second kappa shape index (κ2) is 29.9. The molecule has 4 atom stereocenters. The SMILES string of the molecule is C.C.CN1CCC(Oc2ccc(C(O)[C@H](N)CN3CCCC3)cc2Cl)CC1.CN1CCC(Oc2ccc([C@@H](O)[C@@H](CN3CCCC3)NC(=O)C(F)(F)c3cc4cc(Cl)ccc4o3)cc2Cl)CC1.O=C(O)C(F)(F)c1cc2cc(Cl)ccc2o1. The van der Waals surface area contributed by atoms with Gasteiger partial charge in [-0.3, -0.25) is 4.79 Å². The van der Waals surface area contributed by atoms with Crippen molar-refractivity contribution in [2.75, 3.05) is 79.5 Å². The molecule has 4 aliphatic heterocycles. The number of nitrogens with two attached hydrogens (primary N) is 1. The number of carbonyl (C=O) groups is 2. The quantitative estimate of drug-likeness (QED) is 0.0542. The lowest BCUT2D eigenvalue weighted by molar-refractivity contribution is -0.168. The molecule has 83 heavy (non-hydrogen) atoms. The maximum absolute atomic E-state index is 15.3. The smallest absolute Gasteiger partial charge is 0.399 e. The Kier molecular flexibility index (Phi) is 24.3. The van der Waals surface area contributed by atoms with Gasteiger partial charge in [0.05, 0.1) is 22.2 Å². The molecule has 10 rings (SSSR count). The molecule has 6 heterocycles. The lowest BCUT2D eigenvalue weighted by Gasteiger charge is -2.31. The van der Waals surface area contributed by atoms with Gasteiger partial charge < -0.3 is 64.3 Å². The average Bonchev–Trinajstić information content (AvgIpc) is 4.41. The van der Waals surface area contributed by atoms with E-state index in [1.807, 2.05) is 17.0 Å². The third-order valence-corrected chi connectivity index (χ3v) is 16.1. The maximum Gasteiger partial charge on any atom is 0.399 e. The van der Waals surface area contributed by atoms with E-state index in [1.54, 1.807) is 24.3 Å². The van der Waals surface area contributed by atoms with Gasteiger partial charge in [0.25, 0.3) is 5.91 Å². The van der Waals surface area contributed by atoms with E-state index >= 15 is 8.78 Å². The summed E-state index contributed by atoms with van der Waals surface area (Å²) in [7, 11) is 4.20. The molecule has 6 N–H and O–H groups in total. The molecule has 4 aromatic carbocycles. The number of carbonyl (C=O) groups excluding carboxylic acids is 1. The first-order valence-electron chi connectivity index (χ1n) is 27.1. The first-order chi connectivity index (χ1) is 38.5. The summed E-state index contributed by atoms with van der Waals surface area (Å²) >= 11 is 24.5. The number of ether oxygens (including phenoxy) is 2. The zero-order valence-corrected chi connectivity index (χ0v) is 48.0. The Morgan fingerprint density at radius 1 is 0.614 bits per heavy atom. The van der Waals surface area contributed by atoms with Gasteiger partial charge >= 0.3 is 17.8 Å². The number of benzene rings is 4. The number of aliphatic hydroxyl groups is 2. The number of hydrogen-bond donors (Lipinski definition) is 5. The van der Waals surface area contributed by atoms with Gasteiger partial charge in [0.2, 0.25) is 0 Å². The van der Waals surface area contributed by atoms with Gasteiger partial charge in [-0.2, -0.15) is 17.6 Å². The summed E-state index contributed by atoms with van der Waals surface area (Å²) < 4.78 is 79.0. The summed E-state index contributed by atoms with van der Waals surface area (Å²) in [6.45, 7) is 8.53. The number of nitrogens with zero attached hydrogens (tertiary/aromatic N) is 4. The van der Waals surface area contributed by atoms with Crippen molar-refractivity contribution in [3.8, 4) is 11.5 Å². The Labute approximate surface area is 502 Å². The minimum Gasteiger partial charge on any atom is -0.489 e. The fraction of sp³-hybridized carbons (Fsp3) is 0.500. The lowest BCUT2D eigenvalue weighted by Crippen LogP contribution is -2.50. The van der Waals surface area contributed by atoms with Crippen LogP contribution in [0, 0.1) is 0 Å². The molecule has 1 unspecified atom stereocenters. The number of halogens is 8. The number of fused-ring (bicyclic) bond motifs is 2. The first kappa shape index (κ1) is 67.2. The number of rotatable bonds is 17. The summed E-state index contributed by atoms with van der Waals surface area (Å²) in [6, 6.07) is 20.0. The number of alkyl halides is 4. The van der Waals surface area contributed by atoms with Crippen LogP contribution in [0.5, 0.6) is 11.5 Å². The van der Waals surface area contributed by atoms with Crippen LogP contribution in [0.3, 0.4) is 0 Å². The molecule has 4 aliphatic rings. The van der Waals surface area contributed by atoms with Crippen LogP contribution < -0.4 is 20.5 Å². The highest BCUT2D eigenvalue weighted by atomic mass is 35.5. The molecule has 0 bridgehead atoms. The summed E-state index contributed by atoms with van der Waals surface area (Å²) in [5.41, 5.74) is 7.72. The Bertz CT molecular complexity index is 3070. The minimum atomic E-state index is -4.04. The highest BCUT2D eigenvalue weighted by Gasteiger charge is 2.47. The second-order valence-electron chi connectivity index (χ2n) is 21.3. The molecule has 1 amide bonds. The van der Waals surface area contributed by atoms with E-state index in [0.29, 0.717) is 54.5 Å². The summed E-state index contributed by atoms with van der Waals surface area (Å²) in [4.78, 5) is 32.2. The summed E-state index contributed by atoms with van der Waals surface area (Å²) in [5.74, 6) is -12.3. The van der Waals surface area contributed by atoms with E-state index in [2.05, 4.69) is 34.1 Å². The predicted molar refractivity (Wildman–Crippen MR) is 318 cm³/mol. The lowest BCUT2D eigenvalue weighted by atomic mass is 10.0. The molecule has 4 saturated heterocycles. The Hall–Kier alpha value is -4.90. The van der Waals surface area contributed by atoms with Gasteiger partial charge in [0, 0.05) is 66.1 Å². The number of amides is 1. The van der Waals surface area contributed by atoms with Crippen LogP contribution in [0.15, 0.2) is 93.8 Å². The van der Waals surface area contributed by atoms with Crippen LogP contribution in [0.4, 0.5) is 17.6 Å². The van der Waals surface area contributed by atoms with Crippen LogP contribution in [-0.2, 0) is 21.4 Å². The standard InChI is InChI=1S/C29H33Cl2F2N3O4.C19H30ClN3O2.C10H5ClF2O3.2CH4/c1-35-12-8-21(9-13-35)39-25-6-4-18(15-22(25)31)27(37)23(17-36-10-2-3-11-36)34-28(38)29(32,33)26-16-19-14-20(30)5-7-24(19)40-26;1-22-10-6-15(7-11-22)25-18-5-4-14(12-16(18)20)19(24)17(21)13-23-8-2-3-9-23;11-6-1-2-7-5(3-6)4-8(16-7)10(12,13)9(14)15;;/h4-7,14-16,21,23,27,37H,2-3,8-13,17H2,1H3,(H,34,38);4-5,12,15,17,19,24H,2-3,6-11,13,21H2,1H3;1-4H,(H,14,15);2*1H4/t23-,27-;17-,19?;;;/m11.../s1. The van der Waals surface area contributed by atoms with Crippen molar-refractivity contribution in [3.63, 3.8) is 0 Å². The van der Waals surface area contributed by atoms with Crippen molar-refractivity contribution in [2.24, 2.45) is 5.73 Å². The average molecular weight is 1240 g/mol. The van der Waals surface area contributed by atoms with Crippen molar-refractivity contribution in [1.82, 2.24) is 24.9 Å². The molecule has 456 valence electrons. The van der Waals surface area contributed by atoms with Gasteiger partial charge in [-0.25, -0.2) is 4.79 Å². The Morgan fingerprint density at radius 2 is 1.02 bits per heavy atom. The van der Waals surface area contributed by atoms with Crippen LogP contribution in [0.25, 0.3) is 21.9 Å². The van der Waals surface area contributed by atoms with E-state index < -0.39 is 53.5 Å². The van der Waals surface area contributed by atoms with E-state index in [-0.39, 0.29) is 50.8 Å². The molecule has 0 radical (unpaired) electrons. The molecular weight excluding hydrogens is 1170 g/mol. The molecule has 23 heteroatoms. The molecule has 0 spiro atoms. The third kappa shape index (κ3) is 17.6. The number of nitrogens with one attached hydrogen (secondary N) is 1. The van der Waals surface area contributed by atoms with E-state index in [4.69, 9.17) is 75.6 Å². The van der Waals surface area contributed by atoms with Gasteiger partial charge in [-0.15, -0.1) is 0 Å². The fourth-order valence-corrected chi connectivity index (χ4v) is 11.1. The summed E-state index contributed by atoms with van der Waals surface area (Å²) in [5, 5.41) is 34.9. The van der Waals surface area contributed by atoms with Gasteiger partial charge in [0.1, 0.15) is 41.0 Å². The zero-order chi connectivity index (χ0) is 58.2. The van der Waals surface area contributed by atoms with Crippen molar-refractivity contribution >= 4 is 80.2 Å². The normalized spacial score (nSPS) is 18.4. The van der Waals surface area contributed by atoms with Gasteiger partial charge in [0.15, 0.2) is 11.5 Å². The first-order valence-corrected chi connectivity index (χ1v) is 28.6. The van der Waals surface area contributed by atoms with Crippen LogP contribution in [0.1, 0.15) is 101 Å². The number of carboxylic acid groups (broad SMARTS) is 1. The fourth-order valence-electron chi connectivity index (χ4n) is 10.3. The highest BCUT2D eigenvalue weighted by molar-refractivity contribution is 6.32. The molecule has 4 fully saturated rings. The van der Waals surface area contributed by atoms with E-state index in [9.17, 15) is 28.6 Å². The number of piperidine rings is 2. The van der Waals surface area contributed by atoms with Crippen LogP contribution in [0.2, 0.25) is 20.1 Å². The molecule has 2 aromatic heterocycles. The monoisotopic (exact) mass is 1240 g/mol. The predicted octanol–water partition coefficient (Wildman–Crippen LogP) is 12.4. The number of carboxylic acids is 1. The second-order valence-corrected chi connectivity index (χ2v) is 23.0. The molecule has 15 nitrogen and oxygen atoms in total. The van der Waals surface area contributed by atoms with Gasteiger partial charge in [-0.1, -0.05) is 73.4 Å². The minimum absolute atomic E-state index is 0. The summed E-state index contributed by atoms with van der Waals surface area (Å²) in [6.07, 6.45) is 6.41. The number of likely N-dealkylation sites (tertiary alicyclic amines) is 4. The highest BCUT2D eigenvalue weighted by Crippen LogP contribution is 2.38.